The first-order valence-corrected chi connectivity index (χ1v) is 11.4. The third-order valence-electron chi connectivity index (χ3n) is 5.16. The summed E-state index contributed by atoms with van der Waals surface area (Å²) >= 11 is 1.52. The summed E-state index contributed by atoms with van der Waals surface area (Å²) in [5.74, 6) is 0.858. The van der Waals surface area contributed by atoms with E-state index < -0.39 is 0 Å². The van der Waals surface area contributed by atoms with Gasteiger partial charge in [0.2, 0.25) is 0 Å². The van der Waals surface area contributed by atoms with Crippen LogP contribution in [0.2, 0.25) is 0 Å². The van der Waals surface area contributed by atoms with Crippen molar-refractivity contribution in [3.05, 3.63) is 71.3 Å². The van der Waals surface area contributed by atoms with E-state index in [-0.39, 0.29) is 17.8 Å². The molecular formula is C23H25FN4O2S. The Balaban J connectivity index is 1.47. The first kappa shape index (κ1) is 21.5. The number of amides is 1. The maximum Gasteiger partial charge on any atom is 0.251 e. The van der Waals surface area contributed by atoms with Crippen molar-refractivity contribution in [2.75, 3.05) is 18.9 Å². The fourth-order valence-corrected chi connectivity index (χ4v) is 4.50. The molecule has 1 saturated heterocycles. The average Bonchev–Trinajstić information content (AvgIpc) is 3.43. The van der Waals surface area contributed by atoms with E-state index in [4.69, 9.17) is 4.74 Å². The van der Waals surface area contributed by atoms with E-state index in [9.17, 15) is 9.18 Å². The van der Waals surface area contributed by atoms with Crippen LogP contribution in [0.4, 0.5) is 4.39 Å². The highest BCUT2D eigenvalue weighted by Crippen LogP contribution is 2.27. The molecule has 0 spiro atoms. The number of carbonyl (C=O) groups is 1. The molecule has 1 fully saturated rings. The summed E-state index contributed by atoms with van der Waals surface area (Å²) in [6.45, 7) is 3.14. The Hall–Kier alpha value is -2.71. The third kappa shape index (κ3) is 5.32. The molecule has 31 heavy (non-hydrogen) atoms. The van der Waals surface area contributed by atoms with Crippen LogP contribution in [0.15, 0.2) is 53.7 Å². The summed E-state index contributed by atoms with van der Waals surface area (Å²) < 4.78 is 22.0. The van der Waals surface area contributed by atoms with E-state index in [0.29, 0.717) is 35.2 Å². The molecule has 162 valence electrons. The van der Waals surface area contributed by atoms with Crippen LogP contribution in [0.5, 0.6) is 0 Å². The second-order valence-electron chi connectivity index (χ2n) is 7.50. The van der Waals surface area contributed by atoms with E-state index in [2.05, 4.69) is 15.5 Å². The Labute approximate surface area is 185 Å². The van der Waals surface area contributed by atoms with Gasteiger partial charge in [-0.25, -0.2) is 4.39 Å². The maximum atomic E-state index is 14.6. The van der Waals surface area contributed by atoms with Crippen LogP contribution in [0.1, 0.15) is 34.6 Å². The molecule has 0 bridgehead atoms. The highest BCUT2D eigenvalue weighted by molar-refractivity contribution is 7.99. The number of thioether (sulfide) groups is 1. The standard InChI is InChI=1S/C23H25FN4O2S/c1-16-8-10-17(11-9-16)22(29)25-13-12-21-26-27-23(31-15-18-5-4-14-30-18)28(21)20-7-3-2-6-19(20)24/h2-3,6-11,18H,4-5,12-15H2,1H3,(H,25,29)/t18-/m1/s1. The lowest BCUT2D eigenvalue weighted by Crippen LogP contribution is -2.26. The highest BCUT2D eigenvalue weighted by atomic mass is 32.2. The number of hydrogen-bond donors (Lipinski definition) is 1. The lowest BCUT2D eigenvalue weighted by atomic mass is 10.1. The number of benzene rings is 2. The van der Waals surface area contributed by atoms with Crippen molar-refractivity contribution in [2.24, 2.45) is 0 Å². The van der Waals surface area contributed by atoms with E-state index in [1.807, 2.05) is 19.1 Å². The Bertz CT molecular complexity index is 1030. The number of aromatic nitrogens is 3. The van der Waals surface area contributed by atoms with Gasteiger partial charge in [-0.2, -0.15) is 0 Å². The van der Waals surface area contributed by atoms with Crippen molar-refractivity contribution in [1.29, 1.82) is 0 Å². The summed E-state index contributed by atoms with van der Waals surface area (Å²) in [7, 11) is 0. The fraction of sp³-hybridized carbons (Fsp3) is 0.348. The van der Waals surface area contributed by atoms with Crippen LogP contribution < -0.4 is 5.32 Å². The first-order valence-electron chi connectivity index (χ1n) is 10.4. The number of halogens is 1. The molecule has 1 N–H and O–H groups in total. The van der Waals surface area contributed by atoms with Crippen LogP contribution in [0, 0.1) is 12.7 Å². The van der Waals surface area contributed by atoms with Gasteiger partial charge in [-0.3, -0.25) is 9.36 Å². The van der Waals surface area contributed by atoms with Crippen LogP contribution >= 0.6 is 11.8 Å². The van der Waals surface area contributed by atoms with Gasteiger partial charge in [-0.1, -0.05) is 41.6 Å². The molecule has 3 aromatic rings. The van der Waals surface area contributed by atoms with Gasteiger partial charge in [0.05, 0.1) is 11.8 Å². The summed E-state index contributed by atoms with van der Waals surface area (Å²) in [5, 5.41) is 12.1. The molecule has 2 aromatic carbocycles. The zero-order valence-electron chi connectivity index (χ0n) is 17.4. The first-order chi connectivity index (χ1) is 15.1. The van der Waals surface area contributed by atoms with Crippen LogP contribution in [-0.2, 0) is 11.2 Å². The van der Waals surface area contributed by atoms with Crippen molar-refractivity contribution in [1.82, 2.24) is 20.1 Å². The minimum Gasteiger partial charge on any atom is -0.377 e. The van der Waals surface area contributed by atoms with E-state index in [0.717, 1.165) is 30.8 Å². The van der Waals surface area contributed by atoms with E-state index >= 15 is 0 Å². The van der Waals surface area contributed by atoms with Crippen molar-refractivity contribution in [3.8, 4) is 5.69 Å². The van der Waals surface area contributed by atoms with E-state index in [1.54, 1.807) is 34.9 Å². The van der Waals surface area contributed by atoms with Gasteiger partial charge in [-0.15, -0.1) is 10.2 Å². The Morgan fingerprint density at radius 1 is 1.23 bits per heavy atom. The molecule has 0 saturated carbocycles. The molecule has 1 aliphatic heterocycles. The lowest BCUT2D eigenvalue weighted by Gasteiger charge is -2.13. The molecule has 6 nitrogen and oxygen atoms in total. The van der Waals surface area contributed by atoms with E-state index in [1.165, 1.54) is 17.8 Å². The Morgan fingerprint density at radius 3 is 2.77 bits per heavy atom. The highest BCUT2D eigenvalue weighted by Gasteiger charge is 2.21. The molecule has 0 radical (unpaired) electrons. The number of rotatable bonds is 8. The van der Waals surface area contributed by atoms with Crippen molar-refractivity contribution < 1.29 is 13.9 Å². The molecule has 0 aliphatic carbocycles. The smallest absolute Gasteiger partial charge is 0.251 e. The third-order valence-corrected chi connectivity index (χ3v) is 6.22. The second kappa shape index (κ2) is 10.1. The minimum absolute atomic E-state index is 0.148. The van der Waals surface area contributed by atoms with Crippen molar-refractivity contribution >= 4 is 17.7 Å². The van der Waals surface area contributed by atoms with Crippen molar-refractivity contribution in [2.45, 2.75) is 37.4 Å². The maximum absolute atomic E-state index is 14.6. The van der Waals surface area contributed by atoms with Crippen molar-refractivity contribution in [3.63, 3.8) is 0 Å². The average molecular weight is 441 g/mol. The topological polar surface area (TPSA) is 69.0 Å². The lowest BCUT2D eigenvalue weighted by molar-refractivity contribution is 0.0954. The number of hydrogen-bond acceptors (Lipinski definition) is 5. The fourth-order valence-electron chi connectivity index (χ4n) is 3.47. The summed E-state index contributed by atoms with van der Waals surface area (Å²) in [6.07, 6.45) is 2.71. The molecule has 1 aliphatic rings. The van der Waals surface area contributed by atoms with Crippen LogP contribution in [-0.4, -0.2) is 45.7 Å². The number of para-hydroxylation sites is 1. The quantitative estimate of drug-likeness (QED) is 0.537. The number of nitrogens with zero attached hydrogens (tertiary/aromatic N) is 3. The summed E-state index contributed by atoms with van der Waals surface area (Å²) in [5.41, 5.74) is 2.11. The molecule has 1 aromatic heterocycles. The molecule has 4 rings (SSSR count). The molecule has 2 heterocycles. The molecule has 1 amide bonds. The van der Waals surface area contributed by atoms with Gasteiger partial charge in [0.1, 0.15) is 11.6 Å². The predicted octanol–water partition coefficient (Wildman–Crippen LogP) is 3.96. The number of ether oxygens (including phenoxy) is 1. The Kier molecular flexibility index (Phi) is 6.99. The normalized spacial score (nSPS) is 15.9. The molecule has 8 heteroatoms. The van der Waals surface area contributed by atoms with Gasteiger partial charge >= 0.3 is 0 Å². The van der Waals surface area contributed by atoms with Gasteiger partial charge in [0.25, 0.3) is 5.91 Å². The summed E-state index contributed by atoms with van der Waals surface area (Å²) in [6, 6.07) is 14.0. The molecular weight excluding hydrogens is 415 g/mol. The van der Waals surface area contributed by atoms with Gasteiger partial charge in [0, 0.05) is 30.9 Å². The predicted molar refractivity (Wildman–Crippen MR) is 118 cm³/mol. The zero-order valence-corrected chi connectivity index (χ0v) is 18.2. The zero-order chi connectivity index (χ0) is 21.6. The minimum atomic E-state index is -0.341. The Morgan fingerprint density at radius 2 is 2.03 bits per heavy atom. The monoisotopic (exact) mass is 440 g/mol. The molecule has 1 atom stereocenters. The van der Waals surface area contributed by atoms with Gasteiger partial charge in [0.15, 0.2) is 5.16 Å². The largest absolute Gasteiger partial charge is 0.377 e. The number of aryl methyl sites for hydroxylation is 1. The SMILES string of the molecule is Cc1ccc(C(=O)NCCc2nnc(SC[C@H]3CCCO3)n2-c2ccccc2F)cc1. The van der Waals surface area contributed by atoms with Gasteiger partial charge in [-0.05, 0) is 44.0 Å². The number of carbonyl (C=O) groups excluding carboxylic acids is 1. The van der Waals surface area contributed by atoms with Crippen LogP contribution in [0.25, 0.3) is 5.69 Å². The second-order valence-corrected chi connectivity index (χ2v) is 8.49. The number of nitrogens with one attached hydrogen (secondary N) is 1. The molecule has 0 unspecified atom stereocenters. The van der Waals surface area contributed by atoms with Crippen LogP contribution in [0.3, 0.4) is 0 Å². The van der Waals surface area contributed by atoms with Gasteiger partial charge < -0.3 is 10.1 Å². The summed E-state index contributed by atoms with van der Waals surface area (Å²) in [4.78, 5) is 12.4.